The minimum Gasteiger partial charge on any atom is -0.344 e. The maximum atomic E-state index is 12.4. The van der Waals surface area contributed by atoms with Crippen LogP contribution in [0.15, 0.2) is 18.2 Å². The van der Waals surface area contributed by atoms with Crippen LogP contribution in [0.3, 0.4) is 0 Å². The Morgan fingerprint density at radius 2 is 2.05 bits per heavy atom. The van der Waals surface area contributed by atoms with Gasteiger partial charge in [0.1, 0.15) is 0 Å². The fourth-order valence-electron chi connectivity index (χ4n) is 1.41. The highest BCUT2D eigenvalue weighted by Crippen LogP contribution is 2.32. The summed E-state index contributed by atoms with van der Waals surface area (Å²) in [4.78, 5) is 14.1. The molecule has 19 heavy (non-hydrogen) atoms. The first-order valence-corrected chi connectivity index (χ1v) is 6.05. The predicted octanol–water partition coefficient (Wildman–Crippen LogP) is 2.86. The summed E-state index contributed by atoms with van der Waals surface area (Å²) in [5.41, 5.74) is -0.730. The molecule has 0 spiro atoms. The number of carbonyl (C=O) groups excluding carboxylic acids is 1. The summed E-state index contributed by atoms with van der Waals surface area (Å²) < 4.78 is 37.2. The Morgan fingerprint density at radius 3 is 2.58 bits per heavy atom. The molecule has 1 N–H and O–H groups in total. The Morgan fingerprint density at radius 1 is 1.37 bits per heavy atom. The molecule has 0 fully saturated rings. The standard InChI is InChI=1S/C11H10F3N3OS/c1-17(2)10(18)8-4-3-7(19-8)6-5-9(16-15-6)11(12,13)14/h3-5H,1-2H3,(H,15,16). The van der Waals surface area contributed by atoms with Crippen LogP contribution in [0, 0.1) is 0 Å². The van der Waals surface area contributed by atoms with Crippen LogP contribution in [0.2, 0.25) is 0 Å². The first-order valence-electron chi connectivity index (χ1n) is 5.23. The number of rotatable bonds is 2. The topological polar surface area (TPSA) is 49.0 Å². The Balaban J connectivity index is 2.29. The molecule has 0 aliphatic carbocycles. The molecule has 102 valence electrons. The van der Waals surface area contributed by atoms with Crippen molar-refractivity contribution in [3.05, 3.63) is 28.8 Å². The summed E-state index contributed by atoms with van der Waals surface area (Å²) in [6, 6.07) is 4.10. The number of aromatic nitrogens is 2. The Bertz CT molecular complexity index is 600. The molecule has 2 aromatic heterocycles. The average Bonchev–Trinajstić information content (AvgIpc) is 2.95. The number of amides is 1. The molecule has 0 unspecified atom stereocenters. The van der Waals surface area contributed by atoms with Crippen LogP contribution in [-0.4, -0.2) is 35.1 Å². The fraction of sp³-hybridized carbons (Fsp3) is 0.273. The first kappa shape index (κ1) is 13.6. The highest BCUT2D eigenvalue weighted by molar-refractivity contribution is 7.17. The average molecular weight is 289 g/mol. The molecular formula is C11H10F3N3OS. The van der Waals surface area contributed by atoms with Gasteiger partial charge in [-0.25, -0.2) is 0 Å². The molecule has 0 aliphatic rings. The molecular weight excluding hydrogens is 279 g/mol. The van der Waals surface area contributed by atoms with Gasteiger partial charge in [-0.15, -0.1) is 11.3 Å². The lowest BCUT2D eigenvalue weighted by molar-refractivity contribution is -0.141. The molecule has 2 heterocycles. The zero-order chi connectivity index (χ0) is 14.2. The number of carbonyl (C=O) groups is 1. The highest BCUT2D eigenvalue weighted by atomic mass is 32.1. The lowest BCUT2D eigenvalue weighted by Gasteiger charge is -2.06. The monoisotopic (exact) mass is 289 g/mol. The van der Waals surface area contributed by atoms with Crippen molar-refractivity contribution in [3.63, 3.8) is 0 Å². The number of aromatic amines is 1. The van der Waals surface area contributed by atoms with Gasteiger partial charge in [-0.2, -0.15) is 18.3 Å². The minimum atomic E-state index is -4.48. The number of thiophene rings is 1. The summed E-state index contributed by atoms with van der Waals surface area (Å²) in [5, 5.41) is 5.54. The van der Waals surface area contributed by atoms with E-state index in [0.29, 0.717) is 9.75 Å². The third kappa shape index (κ3) is 2.78. The second-order valence-electron chi connectivity index (χ2n) is 4.03. The van der Waals surface area contributed by atoms with Gasteiger partial charge in [0.15, 0.2) is 5.69 Å². The second kappa shape index (κ2) is 4.69. The maximum Gasteiger partial charge on any atom is 0.435 e. The summed E-state index contributed by atoms with van der Waals surface area (Å²) in [6.45, 7) is 0. The summed E-state index contributed by atoms with van der Waals surface area (Å²) in [6.07, 6.45) is -4.48. The van der Waals surface area contributed by atoms with Crippen molar-refractivity contribution in [3.8, 4) is 10.6 Å². The second-order valence-corrected chi connectivity index (χ2v) is 5.11. The van der Waals surface area contributed by atoms with Crippen molar-refractivity contribution >= 4 is 17.2 Å². The van der Waals surface area contributed by atoms with Gasteiger partial charge in [-0.3, -0.25) is 9.89 Å². The first-order chi connectivity index (χ1) is 8.79. The van der Waals surface area contributed by atoms with Crippen molar-refractivity contribution in [2.45, 2.75) is 6.18 Å². The van der Waals surface area contributed by atoms with E-state index in [4.69, 9.17) is 0 Å². The lowest BCUT2D eigenvalue weighted by Crippen LogP contribution is -2.20. The Kier molecular flexibility index (Phi) is 3.36. The van der Waals surface area contributed by atoms with Crippen LogP contribution in [0.4, 0.5) is 13.2 Å². The number of hydrogen-bond acceptors (Lipinski definition) is 3. The molecule has 0 bridgehead atoms. The molecule has 0 saturated heterocycles. The SMILES string of the molecule is CN(C)C(=O)c1ccc(-c2cc(C(F)(F)F)n[nH]2)s1. The van der Waals surface area contributed by atoms with Crippen molar-refractivity contribution in [1.29, 1.82) is 0 Å². The zero-order valence-corrected chi connectivity index (χ0v) is 10.9. The van der Waals surface area contributed by atoms with Crippen LogP contribution in [-0.2, 0) is 6.18 Å². The molecule has 0 saturated carbocycles. The molecule has 2 rings (SSSR count). The Hall–Kier alpha value is -1.83. The minimum absolute atomic E-state index is 0.188. The number of H-pyrrole nitrogens is 1. The van der Waals surface area contributed by atoms with Gasteiger partial charge in [0.05, 0.1) is 15.4 Å². The third-order valence-electron chi connectivity index (χ3n) is 2.36. The van der Waals surface area contributed by atoms with Gasteiger partial charge < -0.3 is 4.90 Å². The van der Waals surface area contributed by atoms with Crippen molar-refractivity contribution in [2.75, 3.05) is 14.1 Å². The number of alkyl halides is 3. The third-order valence-corrected chi connectivity index (χ3v) is 3.46. The quantitative estimate of drug-likeness (QED) is 0.924. The van der Waals surface area contributed by atoms with Crippen LogP contribution in [0.25, 0.3) is 10.6 Å². The number of halogens is 3. The van der Waals surface area contributed by atoms with Crippen LogP contribution in [0.5, 0.6) is 0 Å². The number of hydrogen-bond donors (Lipinski definition) is 1. The molecule has 0 aliphatic heterocycles. The van der Waals surface area contributed by atoms with Gasteiger partial charge in [-0.1, -0.05) is 0 Å². The highest BCUT2D eigenvalue weighted by Gasteiger charge is 2.34. The number of nitrogens with zero attached hydrogens (tertiary/aromatic N) is 2. The van der Waals surface area contributed by atoms with Crippen LogP contribution < -0.4 is 0 Å². The van der Waals surface area contributed by atoms with Crippen molar-refractivity contribution < 1.29 is 18.0 Å². The predicted molar refractivity (Wildman–Crippen MR) is 64.9 cm³/mol. The fourth-order valence-corrected chi connectivity index (χ4v) is 2.40. The van der Waals surface area contributed by atoms with E-state index in [0.717, 1.165) is 17.4 Å². The van der Waals surface area contributed by atoms with E-state index in [2.05, 4.69) is 10.2 Å². The van der Waals surface area contributed by atoms with E-state index >= 15 is 0 Å². The lowest BCUT2D eigenvalue weighted by atomic mass is 10.3. The van der Waals surface area contributed by atoms with E-state index in [9.17, 15) is 18.0 Å². The smallest absolute Gasteiger partial charge is 0.344 e. The molecule has 0 radical (unpaired) electrons. The number of nitrogens with one attached hydrogen (secondary N) is 1. The molecule has 1 amide bonds. The van der Waals surface area contributed by atoms with Gasteiger partial charge in [0, 0.05) is 14.1 Å². The molecule has 0 atom stereocenters. The molecule has 8 heteroatoms. The molecule has 0 aromatic carbocycles. The normalized spacial score (nSPS) is 11.6. The summed E-state index contributed by atoms with van der Waals surface area (Å²) in [7, 11) is 3.22. The van der Waals surface area contributed by atoms with Crippen molar-refractivity contribution in [2.24, 2.45) is 0 Å². The van der Waals surface area contributed by atoms with E-state index in [-0.39, 0.29) is 11.6 Å². The molecule has 4 nitrogen and oxygen atoms in total. The Labute approximate surface area is 110 Å². The molecule has 2 aromatic rings. The van der Waals surface area contributed by atoms with Crippen LogP contribution in [0.1, 0.15) is 15.4 Å². The van der Waals surface area contributed by atoms with E-state index in [1.165, 1.54) is 4.90 Å². The summed E-state index contributed by atoms with van der Waals surface area (Å²) in [5.74, 6) is -0.188. The van der Waals surface area contributed by atoms with E-state index < -0.39 is 11.9 Å². The van der Waals surface area contributed by atoms with Gasteiger partial charge in [0.2, 0.25) is 0 Å². The van der Waals surface area contributed by atoms with Gasteiger partial charge in [0.25, 0.3) is 5.91 Å². The maximum absolute atomic E-state index is 12.4. The van der Waals surface area contributed by atoms with Crippen molar-refractivity contribution in [1.82, 2.24) is 15.1 Å². The van der Waals surface area contributed by atoms with E-state index in [1.807, 2.05) is 0 Å². The largest absolute Gasteiger partial charge is 0.435 e. The summed E-state index contributed by atoms with van der Waals surface area (Å²) >= 11 is 1.12. The van der Waals surface area contributed by atoms with Gasteiger partial charge >= 0.3 is 6.18 Å². The van der Waals surface area contributed by atoms with E-state index in [1.54, 1.807) is 26.2 Å². The van der Waals surface area contributed by atoms with Gasteiger partial charge in [-0.05, 0) is 18.2 Å². The van der Waals surface area contributed by atoms with Crippen LogP contribution >= 0.6 is 11.3 Å². The zero-order valence-electron chi connectivity index (χ0n) is 10.1.